The number of aromatic nitrogens is 2. The van der Waals surface area contributed by atoms with Crippen molar-refractivity contribution in [3.8, 4) is 11.4 Å². The molecule has 2 heterocycles. The van der Waals surface area contributed by atoms with Gasteiger partial charge in [0.25, 0.3) is 5.69 Å². The molecule has 0 spiro atoms. The first kappa shape index (κ1) is 14.1. The molecule has 0 bridgehead atoms. The summed E-state index contributed by atoms with van der Waals surface area (Å²) in [6.45, 7) is 1.87. The molecule has 0 fully saturated rings. The second kappa shape index (κ2) is 5.02. The van der Waals surface area contributed by atoms with Gasteiger partial charge in [-0.15, -0.1) is 0 Å². The summed E-state index contributed by atoms with van der Waals surface area (Å²) in [6, 6.07) is 11.6. The van der Waals surface area contributed by atoms with Gasteiger partial charge in [0.2, 0.25) is 0 Å². The van der Waals surface area contributed by atoms with Gasteiger partial charge in [0, 0.05) is 17.5 Å². The number of imidazole rings is 1. The number of nitrogens with zero attached hydrogens (tertiary/aromatic N) is 2. The molecular weight excluding hydrogens is 310 g/mol. The van der Waals surface area contributed by atoms with E-state index in [0.29, 0.717) is 22.4 Å². The summed E-state index contributed by atoms with van der Waals surface area (Å²) in [7, 11) is 0. The molecule has 0 aliphatic carbocycles. The van der Waals surface area contributed by atoms with Crippen LogP contribution in [0.5, 0.6) is 0 Å². The van der Waals surface area contributed by atoms with Crippen LogP contribution in [0.3, 0.4) is 0 Å². The predicted octanol–water partition coefficient (Wildman–Crippen LogP) is 3.55. The highest BCUT2D eigenvalue weighted by atomic mass is 16.6. The largest absolute Gasteiger partial charge is 0.422 e. The Balaban J connectivity index is 1.94. The Morgan fingerprint density at radius 1 is 1.21 bits per heavy atom. The minimum Gasteiger partial charge on any atom is -0.422 e. The highest BCUT2D eigenvalue weighted by Crippen LogP contribution is 2.25. The van der Waals surface area contributed by atoms with Gasteiger partial charge in [0.15, 0.2) is 0 Å². The number of nitro benzene ring substituents is 1. The maximum absolute atomic E-state index is 12.3. The Hall–Kier alpha value is -3.48. The number of non-ortho nitro benzene ring substituents is 1. The van der Waals surface area contributed by atoms with Gasteiger partial charge in [0.1, 0.15) is 17.0 Å². The van der Waals surface area contributed by atoms with Gasteiger partial charge in [-0.1, -0.05) is 18.2 Å². The van der Waals surface area contributed by atoms with Crippen molar-refractivity contribution in [2.24, 2.45) is 0 Å². The van der Waals surface area contributed by atoms with Gasteiger partial charge in [-0.25, -0.2) is 9.78 Å². The molecular formula is C17H11N3O4. The maximum atomic E-state index is 12.3. The lowest BCUT2D eigenvalue weighted by atomic mass is 10.1. The van der Waals surface area contributed by atoms with Gasteiger partial charge < -0.3 is 9.40 Å². The van der Waals surface area contributed by atoms with Crippen LogP contribution in [-0.2, 0) is 0 Å². The molecule has 7 heteroatoms. The molecule has 4 aromatic rings. The van der Waals surface area contributed by atoms with Crippen molar-refractivity contribution in [3.05, 3.63) is 68.6 Å². The van der Waals surface area contributed by atoms with Crippen LogP contribution in [0.4, 0.5) is 5.69 Å². The lowest BCUT2D eigenvalue weighted by molar-refractivity contribution is -0.384. The standard InChI is InChI=1S/C17H11N3O4/c1-9-3-2-4-10-7-12(17(21)24-15(9)10)16-18-13-6-5-11(20(22)23)8-14(13)19-16/h2-8H,1H3,(H,18,19). The maximum Gasteiger partial charge on any atom is 0.347 e. The van der Waals surface area contributed by atoms with E-state index in [1.807, 2.05) is 25.1 Å². The number of benzene rings is 2. The van der Waals surface area contributed by atoms with E-state index in [1.54, 1.807) is 12.1 Å². The molecule has 118 valence electrons. The number of fused-ring (bicyclic) bond motifs is 2. The van der Waals surface area contributed by atoms with Gasteiger partial charge in [-0.2, -0.15) is 0 Å². The normalized spacial score (nSPS) is 11.2. The molecule has 0 atom stereocenters. The highest BCUT2D eigenvalue weighted by molar-refractivity contribution is 5.85. The van der Waals surface area contributed by atoms with E-state index in [9.17, 15) is 14.9 Å². The molecule has 0 unspecified atom stereocenters. The lowest BCUT2D eigenvalue weighted by Crippen LogP contribution is -2.04. The topological polar surface area (TPSA) is 102 Å². The van der Waals surface area contributed by atoms with E-state index in [0.717, 1.165) is 10.9 Å². The quantitative estimate of drug-likeness (QED) is 0.345. The van der Waals surface area contributed by atoms with Crippen LogP contribution in [0.1, 0.15) is 5.56 Å². The van der Waals surface area contributed by atoms with Gasteiger partial charge in [0.05, 0.1) is 16.0 Å². The molecule has 0 amide bonds. The van der Waals surface area contributed by atoms with Crippen LogP contribution in [0.25, 0.3) is 33.4 Å². The molecule has 0 saturated carbocycles. The number of para-hydroxylation sites is 1. The molecule has 0 aliphatic rings. The molecule has 7 nitrogen and oxygen atoms in total. The summed E-state index contributed by atoms with van der Waals surface area (Å²) in [6.07, 6.45) is 0. The minimum absolute atomic E-state index is 0.0427. The monoisotopic (exact) mass is 321 g/mol. The second-order valence-corrected chi connectivity index (χ2v) is 5.48. The van der Waals surface area contributed by atoms with E-state index in [1.165, 1.54) is 12.1 Å². The number of nitro groups is 1. The molecule has 24 heavy (non-hydrogen) atoms. The van der Waals surface area contributed by atoms with Gasteiger partial charge in [-0.05, 0) is 24.6 Å². The molecule has 2 aromatic heterocycles. The number of hydrogen-bond acceptors (Lipinski definition) is 5. The van der Waals surface area contributed by atoms with Crippen molar-refractivity contribution in [3.63, 3.8) is 0 Å². The fraction of sp³-hybridized carbons (Fsp3) is 0.0588. The molecule has 2 aromatic carbocycles. The summed E-state index contributed by atoms with van der Waals surface area (Å²) in [4.78, 5) is 30.0. The second-order valence-electron chi connectivity index (χ2n) is 5.48. The number of aromatic amines is 1. The van der Waals surface area contributed by atoms with Crippen molar-refractivity contribution < 1.29 is 9.34 Å². The average Bonchev–Trinajstić information content (AvgIpc) is 2.98. The zero-order chi connectivity index (χ0) is 16.8. The van der Waals surface area contributed by atoms with Crippen molar-refractivity contribution in [2.45, 2.75) is 6.92 Å². The first-order chi connectivity index (χ1) is 11.5. The highest BCUT2D eigenvalue weighted by Gasteiger charge is 2.15. The van der Waals surface area contributed by atoms with Crippen LogP contribution in [-0.4, -0.2) is 14.9 Å². The smallest absolute Gasteiger partial charge is 0.347 e. The van der Waals surface area contributed by atoms with E-state index in [4.69, 9.17) is 4.42 Å². The Morgan fingerprint density at radius 2 is 2.04 bits per heavy atom. The SMILES string of the molecule is Cc1cccc2cc(-c3nc4ccc([N+](=O)[O-])cc4[nH]3)c(=O)oc12. The number of nitrogens with one attached hydrogen (secondary N) is 1. The summed E-state index contributed by atoms with van der Waals surface area (Å²) < 4.78 is 5.41. The van der Waals surface area contributed by atoms with Crippen LogP contribution < -0.4 is 5.63 Å². The summed E-state index contributed by atoms with van der Waals surface area (Å²) in [5.41, 5.74) is 2.17. The van der Waals surface area contributed by atoms with Crippen molar-refractivity contribution in [2.75, 3.05) is 0 Å². The zero-order valence-corrected chi connectivity index (χ0v) is 12.6. The molecule has 0 saturated heterocycles. The first-order valence-electron chi connectivity index (χ1n) is 7.21. The Bertz CT molecular complexity index is 1170. The van der Waals surface area contributed by atoms with Crippen LogP contribution in [0, 0.1) is 17.0 Å². The van der Waals surface area contributed by atoms with E-state index >= 15 is 0 Å². The molecule has 0 radical (unpaired) electrons. The Labute approximate surface area is 134 Å². The third-order valence-electron chi connectivity index (χ3n) is 3.89. The fourth-order valence-electron chi connectivity index (χ4n) is 2.69. The molecule has 1 N–H and O–H groups in total. The average molecular weight is 321 g/mol. The molecule has 4 rings (SSSR count). The Morgan fingerprint density at radius 3 is 2.83 bits per heavy atom. The molecule has 0 aliphatic heterocycles. The number of aryl methyl sites for hydroxylation is 1. The number of rotatable bonds is 2. The summed E-state index contributed by atoms with van der Waals surface area (Å²) in [5.74, 6) is 0.322. The van der Waals surface area contributed by atoms with Crippen LogP contribution in [0.15, 0.2) is 51.7 Å². The van der Waals surface area contributed by atoms with E-state index in [2.05, 4.69) is 9.97 Å². The summed E-state index contributed by atoms with van der Waals surface area (Å²) >= 11 is 0. The number of hydrogen-bond donors (Lipinski definition) is 1. The summed E-state index contributed by atoms with van der Waals surface area (Å²) in [5, 5.41) is 11.6. The Kier molecular flexibility index (Phi) is 2.96. The van der Waals surface area contributed by atoms with Gasteiger partial charge in [-0.3, -0.25) is 10.1 Å². The lowest BCUT2D eigenvalue weighted by Gasteiger charge is -2.02. The number of H-pyrrole nitrogens is 1. The van der Waals surface area contributed by atoms with E-state index < -0.39 is 10.5 Å². The third-order valence-corrected chi connectivity index (χ3v) is 3.89. The fourth-order valence-corrected chi connectivity index (χ4v) is 2.69. The van der Waals surface area contributed by atoms with E-state index in [-0.39, 0.29) is 11.3 Å². The third kappa shape index (κ3) is 2.14. The predicted molar refractivity (Wildman–Crippen MR) is 89.0 cm³/mol. The first-order valence-corrected chi connectivity index (χ1v) is 7.21. The van der Waals surface area contributed by atoms with Gasteiger partial charge >= 0.3 is 5.63 Å². The zero-order valence-electron chi connectivity index (χ0n) is 12.6. The minimum atomic E-state index is -0.509. The van der Waals surface area contributed by atoms with Crippen LogP contribution in [0.2, 0.25) is 0 Å². The van der Waals surface area contributed by atoms with Crippen molar-refractivity contribution in [1.82, 2.24) is 9.97 Å². The van der Waals surface area contributed by atoms with Crippen LogP contribution >= 0.6 is 0 Å². The van der Waals surface area contributed by atoms with Crippen molar-refractivity contribution >= 4 is 27.7 Å². The van der Waals surface area contributed by atoms with Crippen molar-refractivity contribution in [1.29, 1.82) is 0 Å².